The molecule has 7 heteroatoms. The van der Waals surface area contributed by atoms with Crippen molar-refractivity contribution in [1.29, 1.82) is 0 Å². The topological polar surface area (TPSA) is 34.1 Å². The predicted molar refractivity (Wildman–Crippen MR) is 80.6 cm³/mol. The van der Waals surface area contributed by atoms with Crippen LogP contribution < -0.4 is 0 Å². The highest BCUT2D eigenvalue weighted by molar-refractivity contribution is 8.72. The zero-order valence-electron chi connectivity index (χ0n) is 10.1. The summed E-state index contributed by atoms with van der Waals surface area (Å²) in [5, 5.41) is 0.405. The van der Waals surface area contributed by atoms with Crippen molar-refractivity contribution in [3.05, 3.63) is 27.2 Å². The first kappa shape index (κ1) is 16.4. The Labute approximate surface area is 126 Å². The van der Waals surface area contributed by atoms with Crippen LogP contribution in [0.2, 0.25) is 15.1 Å². The quantitative estimate of drug-likeness (QED) is 0.697. The summed E-state index contributed by atoms with van der Waals surface area (Å²) < 4.78 is 24.2. The summed E-state index contributed by atoms with van der Waals surface area (Å²) in [4.78, 5) is -0.0678. The van der Waals surface area contributed by atoms with Crippen molar-refractivity contribution in [3.63, 3.8) is 0 Å². The van der Waals surface area contributed by atoms with Gasteiger partial charge in [0.05, 0.1) is 10.0 Å². The Kier molecular flexibility index (Phi) is 5.30. The first-order valence-electron chi connectivity index (χ1n) is 5.19. The van der Waals surface area contributed by atoms with Crippen molar-refractivity contribution in [1.82, 2.24) is 0 Å². The molecule has 0 aliphatic heterocycles. The minimum absolute atomic E-state index is 0.0481. The Morgan fingerprint density at radius 2 is 1.61 bits per heavy atom. The molecule has 0 aliphatic carbocycles. The maximum atomic E-state index is 12.3. The van der Waals surface area contributed by atoms with E-state index >= 15 is 0 Å². The van der Waals surface area contributed by atoms with E-state index in [1.807, 2.05) is 20.8 Å². The Balaban J connectivity index is 3.30. The fourth-order valence-corrected chi connectivity index (χ4v) is 7.18. The lowest BCUT2D eigenvalue weighted by Gasteiger charge is -2.21. The molecule has 0 N–H and O–H groups in total. The van der Waals surface area contributed by atoms with Gasteiger partial charge >= 0.3 is 0 Å². The van der Waals surface area contributed by atoms with Gasteiger partial charge in [-0.3, -0.25) is 0 Å². The normalized spacial score (nSPS) is 12.8. The van der Waals surface area contributed by atoms with Crippen LogP contribution in [0.25, 0.3) is 0 Å². The molecule has 1 aromatic rings. The highest BCUT2D eigenvalue weighted by Gasteiger charge is 2.30. The van der Waals surface area contributed by atoms with Crippen LogP contribution in [-0.4, -0.2) is 13.2 Å². The number of hydrogen-bond acceptors (Lipinski definition) is 3. The van der Waals surface area contributed by atoms with Crippen molar-refractivity contribution >= 4 is 54.5 Å². The van der Waals surface area contributed by atoms with Crippen molar-refractivity contribution in [2.45, 2.75) is 36.8 Å². The summed E-state index contributed by atoms with van der Waals surface area (Å²) in [6.45, 7) is 5.63. The van der Waals surface area contributed by atoms with Gasteiger partial charge in [0.1, 0.15) is 4.90 Å². The van der Waals surface area contributed by atoms with E-state index in [2.05, 4.69) is 0 Å². The Morgan fingerprint density at radius 1 is 1.17 bits per heavy atom. The van der Waals surface area contributed by atoms with Gasteiger partial charge in [-0.2, -0.15) is 0 Å². The summed E-state index contributed by atoms with van der Waals surface area (Å²) in [7, 11) is -2.76. The van der Waals surface area contributed by atoms with Crippen LogP contribution in [0.5, 0.6) is 0 Å². The molecule has 0 atom stereocenters. The highest BCUT2D eigenvalue weighted by Crippen LogP contribution is 2.42. The largest absolute Gasteiger partial charge is 0.233 e. The maximum absolute atomic E-state index is 12.3. The zero-order chi connectivity index (χ0) is 14.1. The van der Waals surface area contributed by atoms with Gasteiger partial charge in [-0.15, -0.1) is 0 Å². The molecular weight excluding hydrogens is 335 g/mol. The summed E-state index contributed by atoms with van der Waals surface area (Å²) in [6, 6.07) is 2.75. The number of rotatable bonds is 4. The van der Waals surface area contributed by atoms with Crippen LogP contribution in [-0.2, 0) is 8.87 Å². The van der Waals surface area contributed by atoms with E-state index in [0.717, 1.165) is 10.8 Å². The molecule has 0 bridgehead atoms. The van der Waals surface area contributed by atoms with Gasteiger partial charge in [0.15, 0.2) is 0 Å². The van der Waals surface area contributed by atoms with Crippen LogP contribution >= 0.6 is 45.6 Å². The van der Waals surface area contributed by atoms with Crippen LogP contribution in [0.1, 0.15) is 27.2 Å². The van der Waals surface area contributed by atoms with Gasteiger partial charge < -0.3 is 0 Å². The first-order valence-corrected chi connectivity index (χ1v) is 9.14. The second-order valence-corrected chi connectivity index (χ2v) is 10.0. The lowest BCUT2D eigenvalue weighted by Crippen LogP contribution is -2.16. The molecule has 1 aromatic carbocycles. The fraction of sp³-hybridized carbons (Fsp3) is 0.455. The van der Waals surface area contributed by atoms with E-state index in [1.165, 1.54) is 12.1 Å². The third-order valence-electron chi connectivity index (χ3n) is 2.40. The molecule has 0 heterocycles. The minimum atomic E-state index is -3.61. The van der Waals surface area contributed by atoms with Gasteiger partial charge in [-0.25, -0.2) is 8.42 Å². The molecule has 0 aliphatic rings. The van der Waals surface area contributed by atoms with Gasteiger partial charge in [0.25, 0.3) is 0 Å². The number of halogens is 3. The number of benzene rings is 1. The van der Waals surface area contributed by atoms with Crippen molar-refractivity contribution in [3.8, 4) is 0 Å². The molecule has 0 aromatic heterocycles. The first-order chi connectivity index (χ1) is 8.09. The molecular formula is C11H13Cl3O2S2. The Morgan fingerprint density at radius 3 is 2.00 bits per heavy atom. The molecule has 102 valence electrons. The predicted octanol–water partition coefficient (Wildman–Crippen LogP) is 5.26. The summed E-state index contributed by atoms with van der Waals surface area (Å²) in [5.41, 5.74) is 0. The van der Waals surface area contributed by atoms with Crippen molar-refractivity contribution in [2.24, 2.45) is 0 Å². The molecule has 2 nitrogen and oxygen atoms in total. The van der Waals surface area contributed by atoms with E-state index in [0.29, 0.717) is 11.4 Å². The van der Waals surface area contributed by atoms with Gasteiger partial charge in [0, 0.05) is 9.77 Å². The fourth-order valence-electron chi connectivity index (χ4n) is 1.17. The van der Waals surface area contributed by atoms with E-state index in [4.69, 9.17) is 34.8 Å². The monoisotopic (exact) mass is 346 g/mol. The second-order valence-electron chi connectivity index (χ2n) is 4.35. The molecule has 0 saturated heterocycles. The zero-order valence-corrected chi connectivity index (χ0v) is 14.0. The molecule has 1 rings (SSSR count). The summed E-state index contributed by atoms with van der Waals surface area (Å²) >= 11 is 17.6. The standard InChI is InChI=1S/C11H13Cl3O2S2/c1-4-11(2,3)17-18(15,16)10-8(13)5-7(12)6-9(10)14/h5-6H,4H2,1-3H3. The Bertz CT molecular complexity index is 530. The summed E-state index contributed by atoms with van der Waals surface area (Å²) in [5.74, 6) is 0. The lowest BCUT2D eigenvalue weighted by atomic mass is 10.1. The van der Waals surface area contributed by atoms with Gasteiger partial charge in [-0.1, -0.05) is 41.7 Å². The van der Waals surface area contributed by atoms with E-state index in [9.17, 15) is 8.42 Å². The van der Waals surface area contributed by atoms with Crippen LogP contribution in [0.15, 0.2) is 17.0 Å². The maximum Gasteiger partial charge on any atom is 0.233 e. The Hall–Kier alpha value is 0.390. The molecule has 0 fully saturated rings. The average Bonchev–Trinajstić information content (AvgIpc) is 2.13. The van der Waals surface area contributed by atoms with Gasteiger partial charge in [-0.05, 0) is 43.2 Å². The summed E-state index contributed by atoms with van der Waals surface area (Å²) in [6.07, 6.45) is 0.708. The SMILES string of the molecule is CCC(C)(C)SS(=O)(=O)c1c(Cl)cc(Cl)cc1Cl. The molecule has 0 unspecified atom stereocenters. The van der Waals surface area contributed by atoms with Crippen LogP contribution in [0.4, 0.5) is 0 Å². The van der Waals surface area contributed by atoms with Crippen LogP contribution in [0, 0.1) is 0 Å². The van der Waals surface area contributed by atoms with Crippen molar-refractivity contribution < 1.29 is 8.42 Å². The minimum Gasteiger partial charge on any atom is -0.212 e. The molecule has 0 amide bonds. The third kappa shape index (κ3) is 3.94. The lowest BCUT2D eigenvalue weighted by molar-refractivity contribution is 0.608. The third-order valence-corrected chi connectivity index (χ3v) is 7.85. The number of hydrogen-bond donors (Lipinski definition) is 0. The van der Waals surface area contributed by atoms with Crippen molar-refractivity contribution in [2.75, 3.05) is 0 Å². The molecule has 0 saturated carbocycles. The van der Waals surface area contributed by atoms with E-state index in [1.54, 1.807) is 0 Å². The molecule has 0 radical (unpaired) electrons. The van der Waals surface area contributed by atoms with Gasteiger partial charge in [0.2, 0.25) is 8.87 Å². The van der Waals surface area contributed by atoms with Crippen LogP contribution in [0.3, 0.4) is 0 Å². The molecule has 0 spiro atoms. The average molecular weight is 348 g/mol. The highest BCUT2D eigenvalue weighted by atomic mass is 35.5. The second kappa shape index (κ2) is 5.80. The van der Waals surface area contributed by atoms with E-state index < -0.39 is 13.6 Å². The van der Waals surface area contributed by atoms with E-state index in [-0.39, 0.29) is 14.9 Å². The smallest absolute Gasteiger partial charge is 0.212 e. The molecule has 18 heavy (non-hydrogen) atoms.